The summed E-state index contributed by atoms with van der Waals surface area (Å²) in [6.45, 7) is 6.73. The Balaban J connectivity index is 0.00000169. The van der Waals surface area contributed by atoms with Gasteiger partial charge < -0.3 is 15.5 Å². The third-order valence-electron chi connectivity index (χ3n) is 6.19. The topological polar surface area (TPSA) is 39.7 Å². The van der Waals surface area contributed by atoms with E-state index in [0.717, 1.165) is 42.8 Å². The monoisotopic (exact) mass is 446 g/mol. The molecule has 0 aromatic carbocycles. The zero-order chi connectivity index (χ0) is 15.6. The smallest absolute Gasteiger partial charge is 0.191 e. The van der Waals surface area contributed by atoms with Gasteiger partial charge in [0.05, 0.1) is 0 Å². The number of likely N-dealkylation sites (tertiary alicyclic amines) is 1. The van der Waals surface area contributed by atoms with Crippen molar-refractivity contribution in [1.29, 1.82) is 0 Å². The highest BCUT2D eigenvalue weighted by molar-refractivity contribution is 14.0. The minimum Gasteiger partial charge on any atom is -0.357 e. The second kappa shape index (κ2) is 8.56. The van der Waals surface area contributed by atoms with Crippen molar-refractivity contribution in [2.24, 2.45) is 22.7 Å². The van der Waals surface area contributed by atoms with Crippen LogP contribution in [0.1, 0.15) is 58.3 Å². The van der Waals surface area contributed by atoms with Crippen LogP contribution < -0.4 is 10.6 Å². The first-order valence-electron chi connectivity index (χ1n) is 10.1. The second-order valence-electron chi connectivity index (χ2n) is 8.24. The summed E-state index contributed by atoms with van der Waals surface area (Å²) in [5.74, 6) is 3.94. The Hall–Kier alpha value is -0.0400. The summed E-state index contributed by atoms with van der Waals surface area (Å²) >= 11 is 0. The fraction of sp³-hybridized carbons (Fsp3) is 0.947. The number of rotatable bonds is 7. The third-order valence-corrected chi connectivity index (χ3v) is 6.19. The molecule has 4 fully saturated rings. The molecular formula is C19H35IN4. The maximum atomic E-state index is 4.98. The molecular weight excluding hydrogens is 411 g/mol. The van der Waals surface area contributed by atoms with Crippen molar-refractivity contribution in [2.75, 3.05) is 26.2 Å². The van der Waals surface area contributed by atoms with Gasteiger partial charge >= 0.3 is 0 Å². The zero-order valence-corrected chi connectivity index (χ0v) is 17.5. The number of nitrogens with one attached hydrogen (secondary N) is 2. The van der Waals surface area contributed by atoms with Gasteiger partial charge in [-0.25, -0.2) is 0 Å². The number of hydrogen-bond donors (Lipinski definition) is 2. The molecule has 3 aliphatic carbocycles. The van der Waals surface area contributed by atoms with Crippen molar-refractivity contribution in [2.45, 2.75) is 70.4 Å². The van der Waals surface area contributed by atoms with E-state index in [4.69, 9.17) is 4.99 Å². The van der Waals surface area contributed by atoms with Gasteiger partial charge in [-0.1, -0.05) is 0 Å². The molecule has 4 nitrogen and oxygen atoms in total. The van der Waals surface area contributed by atoms with Crippen LogP contribution in [0.15, 0.2) is 4.99 Å². The molecule has 0 amide bonds. The highest BCUT2D eigenvalue weighted by atomic mass is 127. The standard InChI is InChI=1S/C19H34N4.HI/c1-2-20-19(21-13-18(14-3-4-14)15-5-6-15)22-16-9-11-23(12-10-16)17-7-8-17;/h14-18H,2-13H2,1H3,(H2,20,21,22);1H. The minimum absolute atomic E-state index is 0. The predicted octanol–water partition coefficient (Wildman–Crippen LogP) is 3.22. The Kier molecular flexibility index (Phi) is 6.69. The van der Waals surface area contributed by atoms with Gasteiger partial charge in [0.1, 0.15) is 0 Å². The first-order valence-corrected chi connectivity index (χ1v) is 10.1. The van der Waals surface area contributed by atoms with Crippen molar-refractivity contribution >= 4 is 29.9 Å². The van der Waals surface area contributed by atoms with E-state index in [1.54, 1.807) is 0 Å². The largest absolute Gasteiger partial charge is 0.357 e. The van der Waals surface area contributed by atoms with Crippen molar-refractivity contribution < 1.29 is 0 Å². The molecule has 0 bridgehead atoms. The molecule has 5 heteroatoms. The van der Waals surface area contributed by atoms with E-state index in [1.165, 1.54) is 64.5 Å². The number of guanidine groups is 1. The Labute approximate surface area is 164 Å². The molecule has 1 saturated heterocycles. The molecule has 1 heterocycles. The summed E-state index contributed by atoms with van der Waals surface area (Å²) < 4.78 is 0. The number of piperidine rings is 1. The van der Waals surface area contributed by atoms with Gasteiger partial charge in [0.15, 0.2) is 5.96 Å². The number of halogens is 1. The van der Waals surface area contributed by atoms with Crippen molar-refractivity contribution in [3.05, 3.63) is 0 Å². The lowest BCUT2D eigenvalue weighted by atomic mass is 9.98. The van der Waals surface area contributed by atoms with Crippen molar-refractivity contribution in [1.82, 2.24) is 15.5 Å². The van der Waals surface area contributed by atoms with Crippen LogP contribution in [0.4, 0.5) is 0 Å². The lowest BCUT2D eigenvalue weighted by molar-refractivity contribution is 0.197. The minimum atomic E-state index is 0. The summed E-state index contributed by atoms with van der Waals surface area (Å²) in [4.78, 5) is 7.67. The van der Waals surface area contributed by atoms with Gasteiger partial charge in [-0.3, -0.25) is 4.99 Å². The fourth-order valence-corrected chi connectivity index (χ4v) is 4.29. The van der Waals surface area contributed by atoms with Crippen LogP contribution in [0.25, 0.3) is 0 Å². The molecule has 0 unspecified atom stereocenters. The van der Waals surface area contributed by atoms with Crippen molar-refractivity contribution in [3.8, 4) is 0 Å². The average Bonchev–Trinajstić information content (AvgIpc) is 3.38. The van der Waals surface area contributed by atoms with Gasteiger partial charge in [-0.15, -0.1) is 24.0 Å². The van der Waals surface area contributed by atoms with E-state index in [-0.39, 0.29) is 24.0 Å². The zero-order valence-electron chi connectivity index (χ0n) is 15.2. The third kappa shape index (κ3) is 5.23. The molecule has 0 spiro atoms. The normalized spacial score (nSPS) is 26.3. The van der Waals surface area contributed by atoms with E-state index >= 15 is 0 Å². The SMILES string of the molecule is CCNC(=NCC(C1CC1)C1CC1)NC1CCN(C2CC2)CC1.I. The van der Waals surface area contributed by atoms with Gasteiger partial charge in [-0.2, -0.15) is 0 Å². The van der Waals surface area contributed by atoms with Crippen LogP contribution in [0.5, 0.6) is 0 Å². The van der Waals surface area contributed by atoms with E-state index < -0.39 is 0 Å². The van der Waals surface area contributed by atoms with Crippen LogP contribution in [0.3, 0.4) is 0 Å². The highest BCUT2D eigenvalue weighted by Crippen LogP contribution is 2.49. The van der Waals surface area contributed by atoms with E-state index in [9.17, 15) is 0 Å². The van der Waals surface area contributed by atoms with Gasteiger partial charge in [-0.05, 0) is 76.0 Å². The van der Waals surface area contributed by atoms with Crippen molar-refractivity contribution in [3.63, 3.8) is 0 Å². The Morgan fingerprint density at radius 1 is 1.00 bits per heavy atom. The second-order valence-corrected chi connectivity index (χ2v) is 8.24. The van der Waals surface area contributed by atoms with Crippen LogP contribution >= 0.6 is 24.0 Å². The van der Waals surface area contributed by atoms with Gasteiger partial charge in [0.2, 0.25) is 0 Å². The Morgan fingerprint density at radius 2 is 1.62 bits per heavy atom. The summed E-state index contributed by atoms with van der Waals surface area (Å²) in [5, 5.41) is 7.20. The lowest BCUT2D eigenvalue weighted by Gasteiger charge is -2.33. The Bertz CT molecular complexity index is 409. The predicted molar refractivity (Wildman–Crippen MR) is 111 cm³/mol. The first kappa shape index (κ1) is 18.7. The van der Waals surface area contributed by atoms with E-state index in [0.29, 0.717) is 6.04 Å². The summed E-state index contributed by atoms with van der Waals surface area (Å²) in [5.41, 5.74) is 0. The van der Waals surface area contributed by atoms with Crippen LogP contribution in [-0.2, 0) is 0 Å². The molecule has 138 valence electrons. The van der Waals surface area contributed by atoms with Crippen LogP contribution in [0, 0.1) is 17.8 Å². The van der Waals surface area contributed by atoms with Crippen LogP contribution in [-0.4, -0.2) is 49.1 Å². The number of nitrogens with zero attached hydrogens (tertiary/aromatic N) is 2. The summed E-state index contributed by atoms with van der Waals surface area (Å²) in [7, 11) is 0. The molecule has 0 atom stereocenters. The van der Waals surface area contributed by atoms with E-state index in [2.05, 4.69) is 22.5 Å². The average molecular weight is 446 g/mol. The molecule has 0 radical (unpaired) electrons. The molecule has 3 saturated carbocycles. The molecule has 0 aromatic rings. The van der Waals surface area contributed by atoms with Gasteiger partial charge in [0, 0.05) is 38.3 Å². The lowest BCUT2D eigenvalue weighted by Crippen LogP contribution is -2.49. The number of aliphatic imine (C=N–C) groups is 1. The molecule has 0 aromatic heterocycles. The van der Waals surface area contributed by atoms with Gasteiger partial charge in [0.25, 0.3) is 0 Å². The Morgan fingerprint density at radius 3 is 2.12 bits per heavy atom. The van der Waals surface area contributed by atoms with Crippen LogP contribution in [0.2, 0.25) is 0 Å². The summed E-state index contributed by atoms with van der Waals surface area (Å²) in [6, 6.07) is 1.54. The molecule has 1 aliphatic heterocycles. The molecule has 4 rings (SSSR count). The van der Waals surface area contributed by atoms with E-state index in [1.807, 2.05) is 0 Å². The number of hydrogen-bond acceptors (Lipinski definition) is 2. The fourth-order valence-electron chi connectivity index (χ4n) is 4.29. The molecule has 24 heavy (non-hydrogen) atoms. The maximum Gasteiger partial charge on any atom is 0.191 e. The molecule has 2 N–H and O–H groups in total. The summed E-state index contributed by atoms with van der Waals surface area (Å²) in [6.07, 6.45) is 11.3. The first-order chi connectivity index (χ1) is 11.3. The highest BCUT2D eigenvalue weighted by Gasteiger charge is 2.41. The quantitative estimate of drug-likeness (QED) is 0.359. The maximum absolute atomic E-state index is 4.98. The molecule has 4 aliphatic rings.